The summed E-state index contributed by atoms with van der Waals surface area (Å²) in [4.78, 5) is 14.0. The molecule has 1 saturated heterocycles. The van der Waals surface area contributed by atoms with Gasteiger partial charge >= 0.3 is 6.03 Å². The zero-order valence-electron chi connectivity index (χ0n) is 13.5. The molecule has 0 spiro atoms. The van der Waals surface area contributed by atoms with E-state index in [0.29, 0.717) is 25.6 Å². The van der Waals surface area contributed by atoms with Gasteiger partial charge in [-0.15, -0.1) is 0 Å². The van der Waals surface area contributed by atoms with Crippen molar-refractivity contribution in [1.29, 1.82) is 0 Å². The minimum absolute atomic E-state index is 0.0135. The number of hydrogen-bond acceptors (Lipinski definition) is 3. The van der Waals surface area contributed by atoms with Gasteiger partial charge in [-0.05, 0) is 29.9 Å². The summed E-state index contributed by atoms with van der Waals surface area (Å²) in [7, 11) is -3.03. The van der Waals surface area contributed by atoms with Crippen molar-refractivity contribution < 1.29 is 13.2 Å². The van der Waals surface area contributed by atoms with Gasteiger partial charge in [0, 0.05) is 25.6 Å². The summed E-state index contributed by atoms with van der Waals surface area (Å²) in [6.07, 6.45) is 2.13. The number of hydrogen-bond donors (Lipinski definition) is 1. The van der Waals surface area contributed by atoms with Gasteiger partial charge in [-0.3, -0.25) is 0 Å². The predicted octanol–water partition coefficient (Wildman–Crippen LogP) is 1.79. The van der Waals surface area contributed by atoms with E-state index in [1.54, 1.807) is 4.90 Å². The van der Waals surface area contributed by atoms with Crippen molar-refractivity contribution in [3.63, 3.8) is 0 Å². The van der Waals surface area contributed by atoms with Gasteiger partial charge in [0.05, 0.1) is 11.5 Å². The number of amides is 2. The first kappa shape index (κ1) is 16.3. The Balaban J connectivity index is 1.58. The second kappa shape index (κ2) is 6.51. The summed E-state index contributed by atoms with van der Waals surface area (Å²) < 4.78 is 23.6. The molecule has 2 amide bonds. The third-order valence-corrected chi connectivity index (χ3v) is 6.67. The Labute approximate surface area is 138 Å². The van der Waals surface area contributed by atoms with Gasteiger partial charge in [0.25, 0.3) is 0 Å². The van der Waals surface area contributed by atoms with E-state index in [1.807, 2.05) is 13.0 Å². The Hall–Kier alpha value is -1.56. The average molecular weight is 336 g/mol. The van der Waals surface area contributed by atoms with Crippen LogP contribution in [0.3, 0.4) is 0 Å². The van der Waals surface area contributed by atoms with Crippen LogP contribution in [0, 0.1) is 5.92 Å². The maximum absolute atomic E-state index is 12.4. The van der Waals surface area contributed by atoms with Gasteiger partial charge in [-0.1, -0.05) is 31.2 Å². The molecule has 1 aromatic carbocycles. The zero-order valence-corrected chi connectivity index (χ0v) is 14.3. The molecule has 1 aromatic rings. The topological polar surface area (TPSA) is 66.5 Å². The largest absolute Gasteiger partial charge is 0.337 e. The second-order valence-corrected chi connectivity index (χ2v) is 9.01. The summed E-state index contributed by atoms with van der Waals surface area (Å²) in [5.41, 5.74) is 2.71. The molecule has 2 atom stereocenters. The van der Waals surface area contributed by atoms with Crippen LogP contribution < -0.4 is 5.32 Å². The zero-order chi connectivity index (χ0) is 16.4. The highest BCUT2D eigenvalue weighted by molar-refractivity contribution is 7.91. The molecule has 23 heavy (non-hydrogen) atoms. The van der Waals surface area contributed by atoms with Crippen LogP contribution in [-0.2, 0) is 16.3 Å². The smallest absolute Gasteiger partial charge is 0.317 e. The van der Waals surface area contributed by atoms with Crippen molar-refractivity contribution in [1.82, 2.24) is 10.2 Å². The van der Waals surface area contributed by atoms with Gasteiger partial charge in [-0.25, -0.2) is 13.2 Å². The van der Waals surface area contributed by atoms with Crippen LogP contribution in [0.15, 0.2) is 24.3 Å². The molecule has 0 bridgehead atoms. The lowest BCUT2D eigenvalue weighted by atomic mass is 10.0. The van der Waals surface area contributed by atoms with Crippen molar-refractivity contribution in [3.05, 3.63) is 35.4 Å². The minimum Gasteiger partial charge on any atom is -0.337 e. The third kappa shape index (κ3) is 3.86. The maximum atomic E-state index is 12.4. The quantitative estimate of drug-likeness (QED) is 0.895. The fourth-order valence-electron chi connectivity index (χ4n) is 3.65. The van der Waals surface area contributed by atoms with Crippen molar-refractivity contribution in [2.24, 2.45) is 5.92 Å². The predicted molar refractivity (Wildman–Crippen MR) is 90.3 cm³/mol. The number of fused-ring (bicyclic) bond motifs is 1. The molecule has 2 aliphatic rings. The van der Waals surface area contributed by atoms with Gasteiger partial charge in [0.2, 0.25) is 0 Å². The number of aryl methyl sites for hydroxylation is 1. The molecule has 1 aliphatic heterocycles. The summed E-state index contributed by atoms with van der Waals surface area (Å²) in [5, 5.41) is 3.00. The molecule has 1 N–H and O–H groups in total. The number of nitrogens with zero attached hydrogens (tertiary/aromatic N) is 1. The molecule has 0 saturated carbocycles. The van der Waals surface area contributed by atoms with E-state index in [0.717, 1.165) is 12.8 Å². The second-order valence-electron chi connectivity index (χ2n) is 6.79. The number of carbonyl (C=O) groups is 1. The molecule has 1 fully saturated rings. The third-order valence-electron chi connectivity index (χ3n) is 4.79. The van der Waals surface area contributed by atoms with Crippen molar-refractivity contribution in [2.45, 2.75) is 25.7 Å². The Morgan fingerprint density at radius 1 is 1.35 bits per heavy atom. The van der Waals surface area contributed by atoms with Crippen LogP contribution in [0.5, 0.6) is 0 Å². The SMILES string of the molecule is C[C@@H]1CN(C(=O)NC[C@@H]2CCc3ccccc32)CCS(=O)(=O)C1. The monoisotopic (exact) mass is 336 g/mol. The normalized spacial score (nSPS) is 26.4. The Bertz CT molecular complexity index is 687. The van der Waals surface area contributed by atoms with E-state index in [2.05, 4.69) is 23.5 Å². The van der Waals surface area contributed by atoms with E-state index < -0.39 is 9.84 Å². The highest BCUT2D eigenvalue weighted by Crippen LogP contribution is 2.32. The molecular formula is C17H24N2O3S. The van der Waals surface area contributed by atoms with Crippen LogP contribution in [-0.4, -0.2) is 50.5 Å². The summed E-state index contributed by atoms with van der Waals surface area (Å²) in [6, 6.07) is 8.25. The highest BCUT2D eigenvalue weighted by atomic mass is 32.2. The molecule has 126 valence electrons. The number of benzene rings is 1. The fourth-order valence-corrected chi connectivity index (χ4v) is 5.29. The maximum Gasteiger partial charge on any atom is 0.317 e. The Morgan fingerprint density at radius 3 is 2.96 bits per heavy atom. The number of urea groups is 1. The van der Waals surface area contributed by atoms with Crippen molar-refractivity contribution in [3.8, 4) is 0 Å². The molecule has 3 rings (SSSR count). The van der Waals surface area contributed by atoms with Crippen molar-refractivity contribution >= 4 is 15.9 Å². The fraction of sp³-hybridized carbons (Fsp3) is 0.588. The molecule has 0 radical (unpaired) electrons. The van der Waals surface area contributed by atoms with Gasteiger partial charge in [0.1, 0.15) is 0 Å². The number of carbonyl (C=O) groups excluding carboxylic acids is 1. The standard InChI is InChI=1S/C17H24N2O3S/c1-13-11-19(8-9-23(21,22)12-13)17(20)18-10-15-7-6-14-4-2-3-5-16(14)15/h2-5,13,15H,6-12H2,1H3,(H,18,20)/t13-,15+/m1/s1. The van der Waals surface area contributed by atoms with E-state index in [1.165, 1.54) is 11.1 Å². The molecular weight excluding hydrogens is 312 g/mol. The molecule has 6 heteroatoms. The van der Waals surface area contributed by atoms with Crippen LogP contribution in [0.1, 0.15) is 30.4 Å². The van der Waals surface area contributed by atoms with Crippen LogP contribution in [0.25, 0.3) is 0 Å². The van der Waals surface area contributed by atoms with E-state index >= 15 is 0 Å². The summed E-state index contributed by atoms with van der Waals surface area (Å²) >= 11 is 0. The molecule has 0 aromatic heterocycles. The van der Waals surface area contributed by atoms with Gasteiger partial charge < -0.3 is 10.2 Å². The summed E-state index contributed by atoms with van der Waals surface area (Å²) in [6.45, 7) is 3.30. The lowest BCUT2D eigenvalue weighted by Gasteiger charge is -2.23. The van der Waals surface area contributed by atoms with Crippen molar-refractivity contribution in [2.75, 3.05) is 31.1 Å². The van der Waals surface area contributed by atoms with Crippen LogP contribution >= 0.6 is 0 Å². The minimum atomic E-state index is -3.03. The molecule has 1 heterocycles. The summed E-state index contributed by atoms with van der Waals surface area (Å²) in [5.74, 6) is 0.591. The lowest BCUT2D eigenvalue weighted by molar-refractivity contribution is 0.195. The number of nitrogens with one attached hydrogen (secondary N) is 1. The molecule has 0 unspecified atom stereocenters. The highest BCUT2D eigenvalue weighted by Gasteiger charge is 2.28. The first-order chi connectivity index (χ1) is 10.9. The number of sulfone groups is 1. The Kier molecular flexibility index (Phi) is 4.62. The first-order valence-electron chi connectivity index (χ1n) is 8.25. The first-order valence-corrected chi connectivity index (χ1v) is 10.1. The van der Waals surface area contributed by atoms with E-state index in [-0.39, 0.29) is 23.5 Å². The average Bonchev–Trinajstić information content (AvgIpc) is 2.85. The van der Waals surface area contributed by atoms with E-state index in [9.17, 15) is 13.2 Å². The van der Waals surface area contributed by atoms with Crippen LogP contribution in [0.2, 0.25) is 0 Å². The van der Waals surface area contributed by atoms with Gasteiger partial charge in [-0.2, -0.15) is 0 Å². The van der Waals surface area contributed by atoms with Crippen LogP contribution in [0.4, 0.5) is 4.79 Å². The van der Waals surface area contributed by atoms with E-state index in [4.69, 9.17) is 0 Å². The molecule has 1 aliphatic carbocycles. The lowest BCUT2D eigenvalue weighted by Crippen LogP contribution is -2.43. The number of rotatable bonds is 2. The Morgan fingerprint density at radius 2 is 2.13 bits per heavy atom. The molecule has 5 nitrogen and oxygen atoms in total. The van der Waals surface area contributed by atoms with Gasteiger partial charge in [0.15, 0.2) is 9.84 Å².